The van der Waals surface area contributed by atoms with Gasteiger partial charge in [0.05, 0.1) is 24.3 Å². The zero-order valence-corrected chi connectivity index (χ0v) is 22.0. The summed E-state index contributed by atoms with van der Waals surface area (Å²) >= 11 is 0. The molecule has 1 aliphatic heterocycles. The van der Waals surface area contributed by atoms with Gasteiger partial charge in [-0.2, -0.15) is 0 Å². The maximum Gasteiger partial charge on any atom is 0.295 e. The smallest absolute Gasteiger partial charge is 0.295 e. The van der Waals surface area contributed by atoms with Gasteiger partial charge in [0.15, 0.2) is 0 Å². The maximum atomic E-state index is 13.5. The fraction of sp³-hybridized carbons (Fsp3) is 0.300. The lowest BCUT2D eigenvalue weighted by atomic mass is 9.93. The van der Waals surface area contributed by atoms with E-state index < -0.39 is 17.7 Å². The molecule has 2 aromatic carbocycles. The highest BCUT2D eigenvalue weighted by Gasteiger charge is 2.46. The number of benzene rings is 2. The average Bonchev–Trinajstić information content (AvgIpc) is 3.14. The molecule has 1 N–H and O–H groups in total. The molecule has 1 amide bonds. The second-order valence-electron chi connectivity index (χ2n) is 9.21. The van der Waals surface area contributed by atoms with Gasteiger partial charge in [-0.15, -0.1) is 0 Å². The van der Waals surface area contributed by atoms with Crippen LogP contribution in [0, 0.1) is 13.8 Å². The number of methoxy groups -OCH3 is 1. The number of aliphatic hydroxyl groups excluding tert-OH is 1. The van der Waals surface area contributed by atoms with Gasteiger partial charge < -0.3 is 19.6 Å². The Kier molecular flexibility index (Phi) is 7.62. The largest absolute Gasteiger partial charge is 0.507 e. The van der Waals surface area contributed by atoms with Gasteiger partial charge in [-0.05, 0) is 74.2 Å². The lowest BCUT2D eigenvalue weighted by molar-refractivity contribution is -0.140. The van der Waals surface area contributed by atoms with Gasteiger partial charge in [0, 0.05) is 37.7 Å². The molecule has 0 bridgehead atoms. The molecule has 0 aliphatic carbocycles. The van der Waals surface area contributed by atoms with Crippen LogP contribution in [0.25, 0.3) is 5.76 Å². The fourth-order valence-electron chi connectivity index (χ4n) is 5.08. The van der Waals surface area contributed by atoms with Crippen LogP contribution in [0.3, 0.4) is 0 Å². The van der Waals surface area contributed by atoms with Crippen molar-refractivity contribution in [1.82, 2.24) is 9.88 Å². The van der Waals surface area contributed by atoms with Gasteiger partial charge in [0.25, 0.3) is 11.7 Å². The van der Waals surface area contributed by atoms with Crippen molar-refractivity contribution in [2.75, 3.05) is 25.1 Å². The van der Waals surface area contributed by atoms with E-state index in [0.29, 0.717) is 11.3 Å². The molecule has 2 heterocycles. The summed E-state index contributed by atoms with van der Waals surface area (Å²) in [5.74, 6) is -1.15. The molecule has 1 unspecified atom stereocenters. The van der Waals surface area contributed by atoms with Crippen LogP contribution in [0.1, 0.15) is 47.7 Å². The zero-order chi connectivity index (χ0) is 26.7. The normalized spacial score (nSPS) is 16.8. The lowest BCUT2D eigenvalue weighted by Crippen LogP contribution is -2.29. The Morgan fingerprint density at radius 1 is 1.08 bits per heavy atom. The number of carbonyl (C=O) groups is 2. The Labute approximate surface area is 218 Å². The van der Waals surface area contributed by atoms with E-state index in [1.165, 1.54) is 12.0 Å². The summed E-state index contributed by atoms with van der Waals surface area (Å²) in [6, 6.07) is 14.4. The monoisotopic (exact) mass is 499 g/mol. The second-order valence-corrected chi connectivity index (χ2v) is 9.21. The summed E-state index contributed by atoms with van der Waals surface area (Å²) in [6.07, 6.45) is 3.33. The Morgan fingerprint density at radius 2 is 1.78 bits per heavy atom. The van der Waals surface area contributed by atoms with Gasteiger partial charge in [0.1, 0.15) is 11.5 Å². The maximum absolute atomic E-state index is 13.5. The molecule has 1 aliphatic rings. The number of pyridine rings is 1. The van der Waals surface area contributed by atoms with E-state index >= 15 is 0 Å². The number of ketones is 1. The summed E-state index contributed by atoms with van der Waals surface area (Å²) in [6.45, 7) is 9.89. The predicted octanol–water partition coefficient (Wildman–Crippen LogP) is 5.18. The van der Waals surface area contributed by atoms with Crippen molar-refractivity contribution in [2.24, 2.45) is 0 Å². The van der Waals surface area contributed by atoms with Crippen molar-refractivity contribution in [3.8, 4) is 5.75 Å². The second kappa shape index (κ2) is 10.9. The molecular formula is C30H33N3O4. The van der Waals surface area contributed by atoms with E-state index in [2.05, 4.69) is 23.7 Å². The first-order valence-corrected chi connectivity index (χ1v) is 12.5. The number of ether oxygens (including phenoxy) is 1. The number of likely N-dealkylation sites (tertiary alicyclic amines) is 1. The van der Waals surface area contributed by atoms with Crippen LogP contribution >= 0.6 is 0 Å². The lowest BCUT2D eigenvalue weighted by Gasteiger charge is -2.27. The van der Waals surface area contributed by atoms with Crippen LogP contribution in [-0.4, -0.2) is 46.9 Å². The number of aromatic nitrogens is 1. The number of hydrogen-bond acceptors (Lipinski definition) is 6. The minimum Gasteiger partial charge on any atom is -0.507 e. The predicted molar refractivity (Wildman–Crippen MR) is 145 cm³/mol. The molecule has 4 rings (SSSR count). The van der Waals surface area contributed by atoms with Gasteiger partial charge in [-0.25, -0.2) is 0 Å². The first-order chi connectivity index (χ1) is 17.8. The van der Waals surface area contributed by atoms with E-state index in [-0.39, 0.29) is 17.9 Å². The molecular weight excluding hydrogens is 466 g/mol. The quantitative estimate of drug-likeness (QED) is 0.261. The number of hydrogen-bond donors (Lipinski definition) is 1. The Morgan fingerprint density at radius 3 is 2.38 bits per heavy atom. The van der Waals surface area contributed by atoms with E-state index in [1.54, 1.807) is 24.5 Å². The van der Waals surface area contributed by atoms with Crippen molar-refractivity contribution in [2.45, 2.75) is 40.3 Å². The Bertz CT molecular complexity index is 1330. The molecule has 7 nitrogen and oxygen atoms in total. The summed E-state index contributed by atoms with van der Waals surface area (Å²) in [5, 5.41) is 11.6. The number of amides is 1. The first-order valence-electron chi connectivity index (χ1n) is 12.5. The van der Waals surface area contributed by atoms with Gasteiger partial charge in [-0.3, -0.25) is 14.6 Å². The van der Waals surface area contributed by atoms with E-state index in [4.69, 9.17) is 4.74 Å². The Balaban J connectivity index is 1.90. The standard InChI is InChI=1S/C30H33N3O4/c1-6-32(7-2)23-12-10-22(11-13-23)26-25(27(34)24-16-19(3)15-20(4)29(24)37-5)28(35)30(36)33(26)18-21-9-8-14-31-17-21/h8-17,26,34H,6-7,18H2,1-5H3/b27-25+. The molecule has 0 radical (unpaired) electrons. The summed E-state index contributed by atoms with van der Waals surface area (Å²) in [4.78, 5) is 34.7. The van der Waals surface area contributed by atoms with Crippen LogP contribution in [0.15, 0.2) is 66.5 Å². The van der Waals surface area contributed by atoms with E-state index in [1.807, 2.05) is 50.2 Å². The minimum absolute atomic E-state index is 0.0489. The molecule has 0 spiro atoms. The summed E-state index contributed by atoms with van der Waals surface area (Å²) in [5.41, 5.74) is 4.76. The molecule has 37 heavy (non-hydrogen) atoms. The van der Waals surface area contributed by atoms with Crippen molar-refractivity contribution in [3.63, 3.8) is 0 Å². The van der Waals surface area contributed by atoms with E-state index in [9.17, 15) is 14.7 Å². The van der Waals surface area contributed by atoms with Crippen LogP contribution in [-0.2, 0) is 16.1 Å². The average molecular weight is 500 g/mol. The van der Waals surface area contributed by atoms with Crippen LogP contribution < -0.4 is 9.64 Å². The molecule has 1 atom stereocenters. The van der Waals surface area contributed by atoms with Crippen LogP contribution in [0.2, 0.25) is 0 Å². The number of rotatable bonds is 8. The van der Waals surface area contributed by atoms with E-state index in [0.717, 1.165) is 41.0 Å². The van der Waals surface area contributed by atoms with Gasteiger partial charge >= 0.3 is 0 Å². The number of aryl methyl sites for hydroxylation is 2. The number of Topliss-reactive ketones (excluding diaryl/α,β-unsaturated/α-hetero) is 1. The fourth-order valence-corrected chi connectivity index (χ4v) is 5.08. The minimum atomic E-state index is -0.767. The van der Waals surface area contributed by atoms with Gasteiger partial charge in [0.2, 0.25) is 0 Å². The topological polar surface area (TPSA) is 83.0 Å². The third-order valence-electron chi connectivity index (χ3n) is 6.83. The SMILES string of the molecule is CCN(CC)c1ccc(C2/C(=C(\O)c3cc(C)cc(C)c3OC)C(=O)C(=O)N2Cc2cccnc2)cc1. The third-order valence-corrected chi connectivity index (χ3v) is 6.83. The number of anilines is 1. The first kappa shape index (κ1) is 25.9. The summed E-state index contributed by atoms with van der Waals surface area (Å²) < 4.78 is 5.59. The summed E-state index contributed by atoms with van der Waals surface area (Å²) in [7, 11) is 1.53. The third kappa shape index (κ3) is 4.94. The molecule has 0 saturated carbocycles. The van der Waals surface area contributed by atoms with Gasteiger partial charge in [-0.1, -0.05) is 24.3 Å². The molecule has 1 aromatic heterocycles. The molecule has 192 valence electrons. The number of nitrogens with zero attached hydrogens (tertiary/aromatic N) is 3. The highest BCUT2D eigenvalue weighted by molar-refractivity contribution is 6.46. The highest BCUT2D eigenvalue weighted by Crippen LogP contribution is 2.42. The van der Waals surface area contributed by atoms with Crippen LogP contribution in [0.5, 0.6) is 5.75 Å². The number of carbonyl (C=O) groups excluding carboxylic acids is 2. The highest BCUT2D eigenvalue weighted by atomic mass is 16.5. The number of aliphatic hydroxyl groups is 1. The molecule has 1 saturated heterocycles. The van der Waals surface area contributed by atoms with Crippen molar-refractivity contribution < 1.29 is 19.4 Å². The molecule has 1 fully saturated rings. The Hall–Kier alpha value is -4.13. The molecule has 7 heteroatoms. The van der Waals surface area contributed by atoms with Crippen molar-refractivity contribution >= 4 is 23.1 Å². The van der Waals surface area contributed by atoms with Crippen molar-refractivity contribution in [3.05, 3.63) is 94.3 Å². The molecule has 3 aromatic rings. The zero-order valence-electron chi connectivity index (χ0n) is 22.0. The van der Waals surface area contributed by atoms with Crippen LogP contribution in [0.4, 0.5) is 5.69 Å². The van der Waals surface area contributed by atoms with Crippen molar-refractivity contribution in [1.29, 1.82) is 0 Å².